The number of carbonyl (C=O) groups is 1. The molecule has 0 radical (unpaired) electrons. The summed E-state index contributed by atoms with van der Waals surface area (Å²) in [4.78, 5) is 24.1. The Morgan fingerprint density at radius 3 is 2.34 bits per heavy atom. The highest BCUT2D eigenvalue weighted by Crippen LogP contribution is 2.43. The van der Waals surface area contributed by atoms with Crippen molar-refractivity contribution < 1.29 is 32.7 Å². The van der Waals surface area contributed by atoms with E-state index >= 15 is 0 Å². The lowest BCUT2D eigenvalue weighted by Gasteiger charge is -2.29. The predicted molar refractivity (Wildman–Crippen MR) is 123 cm³/mol. The monoisotopic (exact) mass is 488 g/mol. The van der Waals surface area contributed by atoms with E-state index in [0.29, 0.717) is 12.1 Å². The molecule has 10 heteroatoms. The Morgan fingerprint density at radius 2 is 1.71 bits per heavy atom. The molecule has 2 aromatic rings. The molecule has 3 rings (SSSR count). The number of para-hydroxylation sites is 1. The summed E-state index contributed by atoms with van der Waals surface area (Å²) in [6, 6.07) is 15.0. The minimum atomic E-state index is -3.15. The minimum Gasteiger partial charge on any atom is -0.435 e. The third-order valence-corrected chi connectivity index (χ3v) is 5.33. The van der Waals surface area contributed by atoms with Crippen molar-refractivity contribution in [2.75, 3.05) is 0 Å². The van der Waals surface area contributed by atoms with Crippen LogP contribution in [0, 0.1) is 10.1 Å². The molecule has 2 aromatic carbocycles. The zero-order valence-electron chi connectivity index (χ0n) is 19.7. The van der Waals surface area contributed by atoms with Crippen molar-refractivity contribution >= 4 is 6.16 Å². The first kappa shape index (κ1) is 25.7. The van der Waals surface area contributed by atoms with E-state index in [1.165, 1.54) is 31.2 Å². The average molecular weight is 488 g/mol. The van der Waals surface area contributed by atoms with E-state index in [1.807, 2.05) is 30.3 Å². The number of halogens is 2. The molecule has 0 saturated heterocycles. The summed E-state index contributed by atoms with van der Waals surface area (Å²) in [6.45, 7) is 3.29. The normalized spacial score (nSPS) is 16.1. The molecular formula is C25H26F2N2O6. The highest BCUT2D eigenvalue weighted by molar-refractivity contribution is 5.64. The second-order valence-electron chi connectivity index (χ2n) is 8.61. The number of carbonyl (C=O) groups excluding carboxylic acids is 1. The molecule has 1 aliphatic rings. The number of allylic oxidation sites excluding steroid dienone is 2. The number of hydrogen-bond donors (Lipinski definition) is 1. The van der Waals surface area contributed by atoms with E-state index in [0.717, 1.165) is 5.56 Å². The standard InChI is InChI=1S/C25H26F2N2O6/c1-15-21(29(31)32)20(18-12-8-9-13-19(18)33-23(26)27)22(16(2)28-15)34-24(30)35-25(3,4)14-17-10-6-5-7-11-17/h5-13,20,23,28H,14H2,1-4H3. The molecule has 1 aliphatic heterocycles. The highest BCUT2D eigenvalue weighted by atomic mass is 19.3. The van der Waals surface area contributed by atoms with Crippen LogP contribution in [0.25, 0.3) is 0 Å². The fourth-order valence-electron chi connectivity index (χ4n) is 4.01. The van der Waals surface area contributed by atoms with Gasteiger partial charge in [0.2, 0.25) is 0 Å². The maximum atomic E-state index is 13.1. The molecule has 0 bridgehead atoms. The van der Waals surface area contributed by atoms with Crippen molar-refractivity contribution in [3.8, 4) is 5.75 Å². The molecule has 1 atom stereocenters. The second kappa shape index (κ2) is 10.5. The zero-order valence-corrected chi connectivity index (χ0v) is 19.7. The average Bonchev–Trinajstić information content (AvgIpc) is 2.75. The van der Waals surface area contributed by atoms with Gasteiger partial charge in [-0.2, -0.15) is 8.78 Å². The molecule has 8 nitrogen and oxygen atoms in total. The summed E-state index contributed by atoms with van der Waals surface area (Å²) in [6.07, 6.45) is -0.686. The molecule has 0 fully saturated rings. The Hall–Kier alpha value is -3.95. The molecule has 0 aromatic heterocycles. The van der Waals surface area contributed by atoms with Gasteiger partial charge in [-0.15, -0.1) is 0 Å². The Labute approximate surface area is 201 Å². The van der Waals surface area contributed by atoms with Crippen LogP contribution in [0.4, 0.5) is 13.6 Å². The van der Waals surface area contributed by atoms with E-state index in [-0.39, 0.29) is 28.5 Å². The van der Waals surface area contributed by atoms with Crippen molar-refractivity contribution in [1.82, 2.24) is 5.32 Å². The van der Waals surface area contributed by atoms with Gasteiger partial charge in [-0.25, -0.2) is 4.79 Å². The first-order chi connectivity index (χ1) is 16.5. The molecule has 186 valence electrons. The van der Waals surface area contributed by atoms with Crippen molar-refractivity contribution in [3.63, 3.8) is 0 Å². The zero-order chi connectivity index (χ0) is 25.8. The number of hydrogen-bond acceptors (Lipinski definition) is 7. The fourth-order valence-corrected chi connectivity index (χ4v) is 4.01. The minimum absolute atomic E-state index is 0.0473. The summed E-state index contributed by atoms with van der Waals surface area (Å²) in [5, 5.41) is 14.8. The number of dihydropyridines is 1. The van der Waals surface area contributed by atoms with Gasteiger partial charge in [0.1, 0.15) is 23.0 Å². The van der Waals surface area contributed by atoms with Gasteiger partial charge >= 0.3 is 12.8 Å². The lowest BCUT2D eigenvalue weighted by atomic mass is 9.89. The molecule has 1 N–H and O–H groups in total. The first-order valence-electron chi connectivity index (χ1n) is 10.8. The molecular weight excluding hydrogens is 462 g/mol. The van der Waals surface area contributed by atoms with Crippen molar-refractivity contribution in [2.45, 2.75) is 52.2 Å². The van der Waals surface area contributed by atoms with Crippen LogP contribution in [0.15, 0.2) is 77.4 Å². The fraction of sp³-hybridized carbons (Fsp3) is 0.320. The van der Waals surface area contributed by atoms with Crippen LogP contribution in [0.5, 0.6) is 5.75 Å². The van der Waals surface area contributed by atoms with Gasteiger partial charge in [0.25, 0.3) is 5.70 Å². The summed E-state index contributed by atoms with van der Waals surface area (Å²) in [7, 11) is 0. The van der Waals surface area contributed by atoms with Crippen LogP contribution >= 0.6 is 0 Å². The summed E-state index contributed by atoms with van der Waals surface area (Å²) in [5.41, 5.74) is 0.125. The number of rotatable bonds is 8. The number of benzene rings is 2. The number of nitrogens with one attached hydrogen (secondary N) is 1. The van der Waals surface area contributed by atoms with Gasteiger partial charge in [0, 0.05) is 12.0 Å². The predicted octanol–water partition coefficient (Wildman–Crippen LogP) is 5.89. The van der Waals surface area contributed by atoms with E-state index < -0.39 is 29.2 Å². The Bertz CT molecular complexity index is 1160. The van der Waals surface area contributed by atoms with Gasteiger partial charge in [-0.3, -0.25) is 10.1 Å². The van der Waals surface area contributed by atoms with Crippen LogP contribution < -0.4 is 10.1 Å². The van der Waals surface area contributed by atoms with Crippen LogP contribution in [0.2, 0.25) is 0 Å². The smallest absolute Gasteiger partial charge is 0.435 e. The second-order valence-corrected chi connectivity index (χ2v) is 8.61. The SMILES string of the molecule is CC1=C(OC(=O)OC(C)(C)Cc2ccccc2)C(c2ccccc2OC(F)F)C([N+](=O)[O-])=C(C)N1. The Morgan fingerprint density at radius 1 is 1.09 bits per heavy atom. The summed E-state index contributed by atoms with van der Waals surface area (Å²) >= 11 is 0. The molecule has 0 aliphatic carbocycles. The molecule has 0 amide bonds. The topological polar surface area (TPSA) is 99.9 Å². The van der Waals surface area contributed by atoms with Crippen LogP contribution in [0.1, 0.15) is 44.7 Å². The van der Waals surface area contributed by atoms with E-state index in [2.05, 4.69) is 10.1 Å². The van der Waals surface area contributed by atoms with Crippen molar-refractivity contribution in [3.05, 3.63) is 98.7 Å². The highest BCUT2D eigenvalue weighted by Gasteiger charge is 2.42. The van der Waals surface area contributed by atoms with Gasteiger partial charge in [0.05, 0.1) is 16.3 Å². The Balaban J connectivity index is 1.94. The summed E-state index contributed by atoms with van der Waals surface area (Å²) < 4.78 is 41.7. The number of nitrogens with zero attached hydrogens (tertiary/aromatic N) is 1. The number of nitro groups is 1. The van der Waals surface area contributed by atoms with E-state index in [4.69, 9.17) is 9.47 Å². The molecule has 1 unspecified atom stereocenters. The molecule has 35 heavy (non-hydrogen) atoms. The number of ether oxygens (including phenoxy) is 3. The van der Waals surface area contributed by atoms with Gasteiger partial charge < -0.3 is 19.5 Å². The Kier molecular flexibility index (Phi) is 7.73. The van der Waals surface area contributed by atoms with Crippen LogP contribution in [0.3, 0.4) is 0 Å². The lowest BCUT2D eigenvalue weighted by Crippen LogP contribution is -2.34. The molecule has 1 heterocycles. The van der Waals surface area contributed by atoms with Crippen molar-refractivity contribution in [2.24, 2.45) is 0 Å². The maximum Gasteiger partial charge on any atom is 0.514 e. The van der Waals surface area contributed by atoms with Gasteiger partial charge in [-0.05, 0) is 39.3 Å². The van der Waals surface area contributed by atoms with E-state index in [1.54, 1.807) is 20.8 Å². The van der Waals surface area contributed by atoms with Crippen LogP contribution in [-0.4, -0.2) is 23.3 Å². The van der Waals surface area contributed by atoms with Gasteiger partial charge in [0.15, 0.2) is 0 Å². The third kappa shape index (κ3) is 6.34. The third-order valence-electron chi connectivity index (χ3n) is 5.33. The summed E-state index contributed by atoms with van der Waals surface area (Å²) in [5.74, 6) is -1.72. The van der Waals surface area contributed by atoms with Crippen LogP contribution in [-0.2, 0) is 15.9 Å². The van der Waals surface area contributed by atoms with E-state index in [9.17, 15) is 23.7 Å². The van der Waals surface area contributed by atoms with Gasteiger partial charge in [-0.1, -0.05) is 48.5 Å². The maximum absolute atomic E-state index is 13.1. The first-order valence-corrected chi connectivity index (χ1v) is 10.8. The van der Waals surface area contributed by atoms with Crippen molar-refractivity contribution in [1.29, 1.82) is 0 Å². The number of alkyl halides is 2. The quantitative estimate of drug-likeness (QED) is 0.281. The molecule has 0 saturated carbocycles. The lowest BCUT2D eigenvalue weighted by molar-refractivity contribution is -0.431. The largest absolute Gasteiger partial charge is 0.514 e. The molecule has 0 spiro atoms.